The van der Waals surface area contributed by atoms with E-state index >= 15 is 0 Å². The van der Waals surface area contributed by atoms with Crippen molar-refractivity contribution >= 4 is 37.4 Å². The van der Waals surface area contributed by atoms with E-state index in [0.29, 0.717) is 8.96 Å². The summed E-state index contributed by atoms with van der Waals surface area (Å²) in [4.78, 5) is 10.1. The Morgan fingerprint density at radius 3 is 2.31 bits per heavy atom. The molecule has 16 heavy (non-hydrogen) atoms. The molecule has 0 aliphatic rings. The van der Waals surface area contributed by atoms with Crippen molar-refractivity contribution in [1.29, 1.82) is 0 Å². The number of halogens is 2. The first-order chi connectivity index (χ1) is 7.54. The zero-order valence-corrected chi connectivity index (χ0v) is 11.6. The smallest absolute Gasteiger partial charge is 0.231 e. The van der Waals surface area contributed by atoms with E-state index in [1.165, 1.54) is 0 Å². The van der Waals surface area contributed by atoms with E-state index in [1.54, 1.807) is 31.4 Å². The van der Waals surface area contributed by atoms with Gasteiger partial charge in [-0.1, -0.05) is 12.1 Å². The average molecular weight is 351 g/mol. The molecule has 86 valence electrons. The molecule has 6 heteroatoms. The first-order valence-electron chi connectivity index (χ1n) is 4.35. The van der Waals surface area contributed by atoms with Crippen molar-refractivity contribution in [2.24, 2.45) is 0 Å². The van der Waals surface area contributed by atoms with Gasteiger partial charge in [-0.25, -0.2) is 0 Å². The number of nitro groups is 1. The van der Waals surface area contributed by atoms with Gasteiger partial charge in [-0.2, -0.15) is 0 Å². The summed E-state index contributed by atoms with van der Waals surface area (Å²) in [5.41, 5.74) is 1.37. The Hall–Kier alpha value is -0.880. The maximum absolute atomic E-state index is 10.5. The fraction of sp³-hybridized carbons (Fsp3) is 0.200. The molecule has 0 amide bonds. The average Bonchev–Trinajstić information content (AvgIpc) is 2.25. The van der Waals surface area contributed by atoms with E-state index in [1.807, 2.05) is 0 Å². The molecule has 0 spiro atoms. The summed E-state index contributed by atoms with van der Waals surface area (Å²) >= 11 is 6.40. The highest BCUT2D eigenvalue weighted by Gasteiger charge is 2.12. The van der Waals surface area contributed by atoms with Crippen LogP contribution in [0.4, 0.5) is 0 Å². The molecule has 0 N–H and O–H groups in total. The molecule has 0 bridgehead atoms. The third-order valence-electron chi connectivity index (χ3n) is 1.95. The van der Waals surface area contributed by atoms with Crippen molar-refractivity contribution in [2.75, 3.05) is 13.7 Å². The molecule has 0 radical (unpaired) electrons. The molecule has 0 fully saturated rings. The van der Waals surface area contributed by atoms with Crippen LogP contribution in [-0.2, 0) is 0 Å². The van der Waals surface area contributed by atoms with Gasteiger partial charge in [0.25, 0.3) is 0 Å². The van der Waals surface area contributed by atoms with Gasteiger partial charge < -0.3 is 4.74 Å². The Balaban J connectivity index is 3.03. The molecule has 0 heterocycles. The molecule has 1 rings (SSSR count). The van der Waals surface area contributed by atoms with Crippen molar-refractivity contribution in [2.45, 2.75) is 0 Å². The van der Waals surface area contributed by atoms with Gasteiger partial charge in [-0.3, -0.25) is 10.1 Å². The van der Waals surface area contributed by atoms with E-state index in [0.717, 1.165) is 11.3 Å². The fourth-order valence-electron chi connectivity index (χ4n) is 1.18. The molecule has 0 aromatic heterocycles. The summed E-state index contributed by atoms with van der Waals surface area (Å²) in [6.07, 6.45) is 0. The zero-order valence-electron chi connectivity index (χ0n) is 8.44. The molecule has 0 unspecified atom stereocenters. The lowest BCUT2D eigenvalue weighted by atomic mass is 10.1. The lowest BCUT2D eigenvalue weighted by molar-refractivity contribution is -0.465. The normalized spacial score (nSPS) is 9.69. The molecule has 4 nitrogen and oxygen atoms in total. The van der Waals surface area contributed by atoms with Gasteiger partial charge in [0.05, 0.1) is 16.1 Å². The second kappa shape index (κ2) is 6.00. The third-order valence-corrected chi connectivity index (χ3v) is 2.91. The van der Waals surface area contributed by atoms with E-state index in [9.17, 15) is 10.1 Å². The van der Waals surface area contributed by atoms with Crippen molar-refractivity contribution in [3.05, 3.63) is 43.3 Å². The topological polar surface area (TPSA) is 52.4 Å². The second-order valence-electron chi connectivity index (χ2n) is 2.96. The predicted molar refractivity (Wildman–Crippen MR) is 69.6 cm³/mol. The van der Waals surface area contributed by atoms with Crippen molar-refractivity contribution in [3.8, 4) is 5.75 Å². The number of methoxy groups -OCH3 is 1. The third kappa shape index (κ3) is 3.61. The summed E-state index contributed by atoms with van der Waals surface area (Å²) in [6, 6.07) is 7.08. The first kappa shape index (κ1) is 13.2. The summed E-state index contributed by atoms with van der Waals surface area (Å²) in [6.45, 7) is -0.238. The Kier molecular flexibility index (Phi) is 4.95. The van der Waals surface area contributed by atoms with Crippen molar-refractivity contribution < 1.29 is 9.66 Å². The summed E-state index contributed by atoms with van der Waals surface area (Å²) in [7, 11) is 1.57. The Morgan fingerprint density at radius 1 is 1.38 bits per heavy atom. The number of rotatable bonds is 4. The van der Waals surface area contributed by atoms with Gasteiger partial charge in [-0.05, 0) is 49.6 Å². The zero-order chi connectivity index (χ0) is 12.1. The summed E-state index contributed by atoms with van der Waals surface area (Å²) in [5.74, 6) is 0.717. The van der Waals surface area contributed by atoms with Crippen LogP contribution >= 0.6 is 31.9 Å². The second-order valence-corrected chi connectivity index (χ2v) is 5.61. The van der Waals surface area contributed by atoms with Gasteiger partial charge in [0.2, 0.25) is 6.54 Å². The largest absolute Gasteiger partial charge is 0.497 e. The first-order valence-corrected chi connectivity index (χ1v) is 5.93. The number of hydrogen-bond acceptors (Lipinski definition) is 3. The maximum Gasteiger partial charge on any atom is 0.231 e. The van der Waals surface area contributed by atoms with Crippen LogP contribution in [0, 0.1) is 10.1 Å². The highest BCUT2D eigenvalue weighted by atomic mass is 79.9. The molecule has 0 aliphatic heterocycles. The molecule has 0 saturated heterocycles. The number of nitrogens with zero attached hydrogens (tertiary/aromatic N) is 1. The van der Waals surface area contributed by atoms with Gasteiger partial charge in [-0.15, -0.1) is 0 Å². The monoisotopic (exact) mass is 349 g/mol. The molecular weight excluding hydrogens is 342 g/mol. The molecule has 0 saturated carbocycles. The van der Waals surface area contributed by atoms with Crippen LogP contribution in [0.1, 0.15) is 5.56 Å². The van der Waals surface area contributed by atoms with Gasteiger partial charge in [0.15, 0.2) is 0 Å². The van der Waals surface area contributed by atoms with Crippen molar-refractivity contribution in [1.82, 2.24) is 0 Å². The van der Waals surface area contributed by atoms with Crippen molar-refractivity contribution in [3.63, 3.8) is 0 Å². The minimum atomic E-state index is -0.373. The summed E-state index contributed by atoms with van der Waals surface area (Å²) in [5, 5.41) is 10.5. The number of benzene rings is 1. The lowest BCUT2D eigenvalue weighted by Gasteiger charge is -2.05. The minimum absolute atomic E-state index is 0.238. The van der Waals surface area contributed by atoms with Crippen LogP contribution in [0.15, 0.2) is 27.7 Å². The van der Waals surface area contributed by atoms with Crippen LogP contribution in [0.2, 0.25) is 0 Å². The fourth-order valence-corrected chi connectivity index (χ4v) is 1.89. The molecule has 0 atom stereocenters. The van der Waals surface area contributed by atoms with E-state index in [-0.39, 0.29) is 11.5 Å². The van der Waals surface area contributed by atoms with E-state index < -0.39 is 0 Å². The lowest BCUT2D eigenvalue weighted by Crippen LogP contribution is -2.03. The van der Waals surface area contributed by atoms with Crippen LogP contribution in [0.3, 0.4) is 0 Å². The Labute approximate surface area is 110 Å². The van der Waals surface area contributed by atoms with E-state index in [4.69, 9.17) is 4.74 Å². The maximum atomic E-state index is 10.5. The van der Waals surface area contributed by atoms with Crippen LogP contribution in [0.5, 0.6) is 5.75 Å². The quantitative estimate of drug-likeness (QED) is 0.617. The Morgan fingerprint density at radius 2 is 1.94 bits per heavy atom. The number of ether oxygens (including phenoxy) is 1. The van der Waals surface area contributed by atoms with Gasteiger partial charge in [0, 0.05) is 4.92 Å². The Bertz CT molecular complexity index is 411. The van der Waals surface area contributed by atoms with Crippen LogP contribution in [-0.4, -0.2) is 18.6 Å². The molecule has 1 aromatic carbocycles. The minimum Gasteiger partial charge on any atom is -0.497 e. The highest BCUT2D eigenvalue weighted by Crippen LogP contribution is 2.28. The highest BCUT2D eigenvalue weighted by molar-refractivity contribution is 9.28. The summed E-state index contributed by atoms with van der Waals surface area (Å²) < 4.78 is 5.60. The standard InChI is InChI=1S/C10H9Br2NO3/c1-16-8-4-2-7(3-5-8)9(10(11)12)6-13(14)15/h2-5H,6H2,1H3. The van der Waals surface area contributed by atoms with Gasteiger partial charge in [0.1, 0.15) is 5.75 Å². The predicted octanol–water partition coefficient (Wildman–Crippen LogP) is 3.43. The van der Waals surface area contributed by atoms with E-state index in [2.05, 4.69) is 31.9 Å². The van der Waals surface area contributed by atoms with Crippen LogP contribution in [0.25, 0.3) is 5.57 Å². The molecule has 1 aromatic rings. The SMILES string of the molecule is COc1ccc(C(C[N+](=O)[O-])=C(Br)Br)cc1. The molecular formula is C10H9Br2NO3. The van der Waals surface area contributed by atoms with Gasteiger partial charge >= 0.3 is 0 Å². The number of hydrogen-bond donors (Lipinski definition) is 0. The molecule has 0 aliphatic carbocycles. The van der Waals surface area contributed by atoms with Crippen LogP contribution < -0.4 is 4.74 Å².